The summed E-state index contributed by atoms with van der Waals surface area (Å²) in [5.41, 5.74) is 4.65. The molecule has 0 aliphatic carbocycles. The maximum atomic E-state index is 12.7. The van der Waals surface area contributed by atoms with Crippen LogP contribution >= 0.6 is 23.4 Å². The number of carbonyl (C=O) groups is 1. The zero-order valence-electron chi connectivity index (χ0n) is 19.2. The van der Waals surface area contributed by atoms with Gasteiger partial charge in [0.25, 0.3) is 5.91 Å². The van der Waals surface area contributed by atoms with Gasteiger partial charge >= 0.3 is 0 Å². The molecule has 0 radical (unpaired) electrons. The van der Waals surface area contributed by atoms with E-state index in [-0.39, 0.29) is 12.5 Å². The van der Waals surface area contributed by atoms with Crippen LogP contribution in [0.5, 0.6) is 5.75 Å². The van der Waals surface area contributed by atoms with Crippen molar-refractivity contribution in [2.24, 2.45) is 0 Å². The fourth-order valence-electron chi connectivity index (χ4n) is 3.53. The summed E-state index contributed by atoms with van der Waals surface area (Å²) in [6.07, 6.45) is 0. The van der Waals surface area contributed by atoms with Gasteiger partial charge in [-0.3, -0.25) is 9.36 Å². The molecule has 0 atom stereocenters. The third-order valence-electron chi connectivity index (χ3n) is 5.30. The fraction of sp³-hybridized carbons (Fsp3) is 0.192. The molecule has 1 aromatic heterocycles. The third kappa shape index (κ3) is 5.61. The Labute approximate surface area is 208 Å². The second kappa shape index (κ2) is 10.8. The van der Waals surface area contributed by atoms with Gasteiger partial charge in [-0.2, -0.15) is 0 Å². The van der Waals surface area contributed by atoms with Crippen molar-refractivity contribution < 1.29 is 9.53 Å². The topological polar surface area (TPSA) is 69.0 Å². The van der Waals surface area contributed by atoms with E-state index in [4.69, 9.17) is 16.3 Å². The Hall–Kier alpha value is -3.29. The number of hydrogen-bond donors (Lipinski definition) is 1. The van der Waals surface area contributed by atoms with Crippen LogP contribution in [0.2, 0.25) is 5.02 Å². The lowest BCUT2D eigenvalue weighted by molar-refractivity contribution is 0.0949. The van der Waals surface area contributed by atoms with Gasteiger partial charge in [-0.15, -0.1) is 10.2 Å². The Morgan fingerprint density at radius 3 is 2.68 bits per heavy atom. The summed E-state index contributed by atoms with van der Waals surface area (Å²) in [5.74, 6) is 1.96. The molecule has 0 unspecified atom stereocenters. The van der Waals surface area contributed by atoms with Crippen LogP contribution in [0.4, 0.5) is 0 Å². The molecular formula is C26H25ClN4O2S. The monoisotopic (exact) mass is 492 g/mol. The van der Waals surface area contributed by atoms with Gasteiger partial charge in [-0.1, -0.05) is 59.3 Å². The summed E-state index contributed by atoms with van der Waals surface area (Å²) in [5, 5.41) is 13.1. The summed E-state index contributed by atoms with van der Waals surface area (Å²) >= 11 is 7.88. The van der Waals surface area contributed by atoms with Crippen LogP contribution in [0, 0.1) is 13.8 Å². The number of amides is 1. The fourth-order valence-corrected chi connectivity index (χ4v) is 4.60. The molecular weight excluding hydrogens is 468 g/mol. The van der Waals surface area contributed by atoms with E-state index in [0.29, 0.717) is 27.3 Å². The Morgan fingerprint density at radius 2 is 1.88 bits per heavy atom. The minimum absolute atomic E-state index is 0.161. The number of benzene rings is 3. The highest BCUT2D eigenvalue weighted by Gasteiger charge is 2.18. The van der Waals surface area contributed by atoms with Gasteiger partial charge in [0.1, 0.15) is 5.75 Å². The van der Waals surface area contributed by atoms with Gasteiger partial charge in [0.15, 0.2) is 11.0 Å². The molecule has 1 N–H and O–H groups in total. The maximum absolute atomic E-state index is 12.7. The molecule has 0 saturated carbocycles. The maximum Gasteiger partial charge on any atom is 0.251 e. The van der Waals surface area contributed by atoms with Crippen molar-refractivity contribution in [3.05, 3.63) is 99.8 Å². The highest BCUT2D eigenvalue weighted by atomic mass is 35.5. The molecule has 174 valence electrons. The SMILES string of the molecule is COc1cccc(CSc2nnc(CNC(=O)c3cccc(C)c3)n2-c2cc(Cl)ccc2C)c1. The van der Waals surface area contributed by atoms with E-state index in [9.17, 15) is 4.79 Å². The Balaban J connectivity index is 1.61. The zero-order chi connectivity index (χ0) is 24.1. The van der Waals surface area contributed by atoms with Crippen molar-refractivity contribution in [2.75, 3.05) is 7.11 Å². The number of nitrogens with zero attached hydrogens (tertiary/aromatic N) is 3. The van der Waals surface area contributed by atoms with Crippen LogP contribution in [0.15, 0.2) is 71.9 Å². The van der Waals surface area contributed by atoms with E-state index in [1.54, 1.807) is 24.9 Å². The molecule has 3 aromatic carbocycles. The number of ether oxygens (including phenoxy) is 1. The lowest BCUT2D eigenvalue weighted by Crippen LogP contribution is -2.24. The number of nitrogens with one attached hydrogen (secondary N) is 1. The van der Waals surface area contributed by atoms with Crippen molar-refractivity contribution in [3.63, 3.8) is 0 Å². The molecule has 0 bridgehead atoms. The minimum atomic E-state index is -0.161. The molecule has 6 nitrogen and oxygen atoms in total. The average molecular weight is 493 g/mol. The van der Waals surface area contributed by atoms with Crippen LogP contribution < -0.4 is 10.1 Å². The first-order chi connectivity index (χ1) is 16.4. The van der Waals surface area contributed by atoms with Gasteiger partial charge in [0.05, 0.1) is 19.3 Å². The van der Waals surface area contributed by atoms with Gasteiger partial charge in [-0.05, 0) is 61.4 Å². The van der Waals surface area contributed by atoms with E-state index in [2.05, 4.69) is 15.5 Å². The smallest absolute Gasteiger partial charge is 0.251 e. The highest BCUT2D eigenvalue weighted by Crippen LogP contribution is 2.29. The summed E-state index contributed by atoms with van der Waals surface area (Å²) in [6, 6.07) is 21.1. The van der Waals surface area contributed by atoms with E-state index >= 15 is 0 Å². The Bertz CT molecular complexity index is 1320. The lowest BCUT2D eigenvalue weighted by atomic mass is 10.1. The predicted molar refractivity (Wildman–Crippen MR) is 136 cm³/mol. The van der Waals surface area contributed by atoms with Crippen LogP contribution in [0.3, 0.4) is 0 Å². The third-order valence-corrected chi connectivity index (χ3v) is 6.54. The van der Waals surface area contributed by atoms with Crippen molar-refractivity contribution in [1.82, 2.24) is 20.1 Å². The summed E-state index contributed by atoms with van der Waals surface area (Å²) < 4.78 is 7.29. The molecule has 4 aromatic rings. The van der Waals surface area contributed by atoms with Gasteiger partial charge < -0.3 is 10.1 Å². The largest absolute Gasteiger partial charge is 0.497 e. The van der Waals surface area contributed by atoms with Gasteiger partial charge in [0.2, 0.25) is 0 Å². The minimum Gasteiger partial charge on any atom is -0.497 e. The Kier molecular flexibility index (Phi) is 7.55. The molecule has 1 heterocycles. The molecule has 0 spiro atoms. The predicted octanol–water partition coefficient (Wildman–Crippen LogP) is 5.77. The molecule has 0 aliphatic rings. The van der Waals surface area contributed by atoms with Crippen LogP contribution in [0.1, 0.15) is 32.9 Å². The van der Waals surface area contributed by atoms with Gasteiger partial charge in [-0.25, -0.2) is 0 Å². The number of aromatic nitrogens is 3. The molecule has 8 heteroatoms. The first-order valence-electron chi connectivity index (χ1n) is 10.8. The molecule has 34 heavy (non-hydrogen) atoms. The Morgan fingerprint density at radius 1 is 1.06 bits per heavy atom. The normalized spacial score (nSPS) is 10.8. The second-order valence-electron chi connectivity index (χ2n) is 7.86. The number of rotatable bonds is 8. The molecule has 0 aliphatic heterocycles. The van der Waals surface area contributed by atoms with E-state index < -0.39 is 0 Å². The molecule has 0 fully saturated rings. The van der Waals surface area contributed by atoms with Crippen molar-refractivity contribution in [1.29, 1.82) is 0 Å². The van der Waals surface area contributed by atoms with Crippen LogP contribution in [-0.4, -0.2) is 27.8 Å². The van der Waals surface area contributed by atoms with Crippen molar-refractivity contribution in [3.8, 4) is 11.4 Å². The van der Waals surface area contributed by atoms with Crippen molar-refractivity contribution in [2.45, 2.75) is 31.3 Å². The molecule has 1 amide bonds. The second-order valence-corrected chi connectivity index (χ2v) is 9.24. The van der Waals surface area contributed by atoms with Crippen molar-refractivity contribution >= 4 is 29.3 Å². The summed E-state index contributed by atoms with van der Waals surface area (Å²) in [4.78, 5) is 12.7. The lowest BCUT2D eigenvalue weighted by Gasteiger charge is -2.14. The molecule has 4 rings (SSSR count). The number of carbonyl (C=O) groups excluding carboxylic acids is 1. The van der Waals surface area contributed by atoms with Crippen LogP contribution in [0.25, 0.3) is 5.69 Å². The first kappa shape index (κ1) is 23.9. The zero-order valence-corrected chi connectivity index (χ0v) is 20.8. The molecule has 0 saturated heterocycles. The number of aryl methyl sites for hydroxylation is 2. The summed E-state index contributed by atoms with van der Waals surface area (Å²) in [7, 11) is 1.65. The average Bonchev–Trinajstić information content (AvgIpc) is 3.25. The number of halogens is 1. The quantitative estimate of drug-likeness (QED) is 0.316. The number of methoxy groups -OCH3 is 1. The summed E-state index contributed by atoms with van der Waals surface area (Å²) in [6.45, 7) is 4.20. The highest BCUT2D eigenvalue weighted by molar-refractivity contribution is 7.98. The first-order valence-corrected chi connectivity index (χ1v) is 12.1. The van der Waals surface area contributed by atoms with Crippen LogP contribution in [-0.2, 0) is 12.3 Å². The number of thioether (sulfide) groups is 1. The van der Waals surface area contributed by atoms with E-state index in [0.717, 1.165) is 28.1 Å². The van der Waals surface area contributed by atoms with E-state index in [1.165, 1.54) is 0 Å². The standard InChI is InChI=1S/C26H25ClN4O2S/c1-17-6-4-8-20(12-17)25(32)28-15-24-29-30-26(31(24)23-14-21(27)11-10-18(23)2)34-16-19-7-5-9-22(13-19)33-3/h4-14H,15-16H2,1-3H3,(H,28,32). The number of hydrogen-bond acceptors (Lipinski definition) is 5. The van der Waals surface area contributed by atoms with E-state index in [1.807, 2.05) is 79.1 Å². The van der Waals surface area contributed by atoms with Gasteiger partial charge in [0, 0.05) is 16.3 Å².